The fourth-order valence-corrected chi connectivity index (χ4v) is 4.18. The van der Waals surface area contributed by atoms with Crippen LogP contribution in [0.4, 0.5) is 0 Å². The van der Waals surface area contributed by atoms with Crippen LogP contribution in [0.5, 0.6) is 5.75 Å². The summed E-state index contributed by atoms with van der Waals surface area (Å²) in [7, 11) is 1.73. The minimum atomic E-state index is -0.0362. The Morgan fingerprint density at radius 3 is 2.43 bits per heavy atom. The molecule has 2 heterocycles. The van der Waals surface area contributed by atoms with E-state index in [1.807, 2.05) is 22.9 Å². The summed E-state index contributed by atoms with van der Waals surface area (Å²) >= 11 is 0. The van der Waals surface area contributed by atoms with E-state index in [1.54, 1.807) is 7.11 Å². The fourth-order valence-electron chi connectivity index (χ4n) is 4.18. The van der Waals surface area contributed by atoms with Gasteiger partial charge in [0, 0.05) is 38.3 Å². The molecule has 7 nitrogen and oxygen atoms in total. The number of likely N-dealkylation sites (N-methyl/N-ethyl adjacent to an activating group) is 1. The van der Waals surface area contributed by atoms with Crippen LogP contribution in [0.25, 0.3) is 0 Å². The molecule has 0 aliphatic carbocycles. The number of methoxy groups -OCH3 is 1. The van der Waals surface area contributed by atoms with Crippen molar-refractivity contribution in [3.8, 4) is 5.75 Å². The van der Waals surface area contributed by atoms with Gasteiger partial charge in [-0.2, -0.15) is 0 Å². The SMILES string of the molecule is CCN1CCN([C@@H](c2ccccc2OC)c2nnnn2CCc2ccccc2)CC1. The van der Waals surface area contributed by atoms with Crippen LogP contribution in [0.15, 0.2) is 54.6 Å². The molecule has 1 fully saturated rings. The fraction of sp³-hybridized carbons (Fsp3) is 0.435. The van der Waals surface area contributed by atoms with E-state index in [4.69, 9.17) is 4.74 Å². The summed E-state index contributed by atoms with van der Waals surface area (Å²) < 4.78 is 7.67. The van der Waals surface area contributed by atoms with Crippen LogP contribution in [0.3, 0.4) is 0 Å². The summed E-state index contributed by atoms with van der Waals surface area (Å²) in [5.41, 5.74) is 2.39. The first-order valence-corrected chi connectivity index (χ1v) is 10.7. The second kappa shape index (κ2) is 9.82. The van der Waals surface area contributed by atoms with E-state index in [1.165, 1.54) is 5.56 Å². The first kappa shape index (κ1) is 20.5. The number of nitrogens with zero attached hydrogens (tertiary/aromatic N) is 6. The minimum absolute atomic E-state index is 0.0362. The topological polar surface area (TPSA) is 59.3 Å². The smallest absolute Gasteiger partial charge is 0.173 e. The van der Waals surface area contributed by atoms with Crippen molar-refractivity contribution in [3.05, 3.63) is 71.5 Å². The molecule has 1 saturated heterocycles. The molecule has 0 amide bonds. The number of piperazine rings is 1. The monoisotopic (exact) mass is 406 g/mol. The highest BCUT2D eigenvalue weighted by atomic mass is 16.5. The van der Waals surface area contributed by atoms with E-state index in [2.05, 4.69) is 68.6 Å². The number of aromatic nitrogens is 4. The van der Waals surface area contributed by atoms with Crippen LogP contribution in [-0.2, 0) is 13.0 Å². The van der Waals surface area contributed by atoms with Gasteiger partial charge in [0.05, 0.1) is 7.11 Å². The van der Waals surface area contributed by atoms with E-state index in [9.17, 15) is 0 Å². The van der Waals surface area contributed by atoms with Crippen molar-refractivity contribution in [2.75, 3.05) is 39.8 Å². The van der Waals surface area contributed by atoms with Gasteiger partial charge in [0.25, 0.3) is 0 Å². The van der Waals surface area contributed by atoms with E-state index in [-0.39, 0.29) is 6.04 Å². The maximum Gasteiger partial charge on any atom is 0.173 e. The van der Waals surface area contributed by atoms with E-state index in [0.717, 1.165) is 62.8 Å². The summed E-state index contributed by atoms with van der Waals surface area (Å²) in [5, 5.41) is 12.9. The molecule has 1 aromatic heterocycles. The maximum atomic E-state index is 5.71. The van der Waals surface area contributed by atoms with Crippen LogP contribution in [-0.4, -0.2) is 69.8 Å². The van der Waals surface area contributed by atoms with Crippen molar-refractivity contribution >= 4 is 0 Å². The Kier molecular flexibility index (Phi) is 6.71. The third-order valence-electron chi connectivity index (χ3n) is 5.91. The summed E-state index contributed by atoms with van der Waals surface area (Å²) in [6.45, 7) is 8.10. The van der Waals surface area contributed by atoms with Crippen molar-refractivity contribution in [1.29, 1.82) is 0 Å². The molecule has 1 aliphatic rings. The van der Waals surface area contributed by atoms with Gasteiger partial charge in [-0.1, -0.05) is 55.5 Å². The average molecular weight is 407 g/mol. The highest BCUT2D eigenvalue weighted by Crippen LogP contribution is 2.34. The van der Waals surface area contributed by atoms with Crippen LogP contribution >= 0.6 is 0 Å². The average Bonchev–Trinajstić information content (AvgIpc) is 3.27. The van der Waals surface area contributed by atoms with Gasteiger partial charge in [-0.05, 0) is 35.0 Å². The van der Waals surface area contributed by atoms with E-state index in [0.29, 0.717) is 0 Å². The van der Waals surface area contributed by atoms with Crippen LogP contribution in [0.1, 0.15) is 29.9 Å². The Morgan fingerprint density at radius 2 is 1.70 bits per heavy atom. The molecule has 158 valence electrons. The van der Waals surface area contributed by atoms with Crippen molar-refractivity contribution in [3.63, 3.8) is 0 Å². The number of tetrazole rings is 1. The number of hydrogen-bond acceptors (Lipinski definition) is 6. The second-order valence-corrected chi connectivity index (χ2v) is 7.61. The molecule has 0 saturated carbocycles. The Bertz CT molecular complexity index is 920. The van der Waals surface area contributed by atoms with Gasteiger partial charge in [0.1, 0.15) is 11.8 Å². The van der Waals surface area contributed by atoms with Gasteiger partial charge in [0.15, 0.2) is 5.82 Å². The number of benzene rings is 2. The molecule has 2 aromatic carbocycles. The van der Waals surface area contributed by atoms with E-state index >= 15 is 0 Å². The normalized spacial score (nSPS) is 16.5. The van der Waals surface area contributed by atoms with Gasteiger partial charge in [-0.25, -0.2) is 4.68 Å². The molecular weight excluding hydrogens is 376 g/mol. The number of aryl methyl sites for hydroxylation is 2. The zero-order valence-corrected chi connectivity index (χ0v) is 17.8. The predicted octanol–water partition coefficient (Wildman–Crippen LogP) is 2.65. The van der Waals surface area contributed by atoms with Gasteiger partial charge >= 0.3 is 0 Å². The second-order valence-electron chi connectivity index (χ2n) is 7.61. The van der Waals surface area contributed by atoms with Crippen LogP contribution in [0, 0.1) is 0 Å². The molecule has 1 aliphatic heterocycles. The van der Waals surface area contributed by atoms with Crippen molar-refractivity contribution in [2.24, 2.45) is 0 Å². The molecule has 7 heteroatoms. The Balaban J connectivity index is 1.64. The minimum Gasteiger partial charge on any atom is -0.496 e. The van der Waals surface area contributed by atoms with Crippen molar-refractivity contribution < 1.29 is 4.74 Å². The highest BCUT2D eigenvalue weighted by Gasteiger charge is 2.32. The number of para-hydroxylation sites is 1. The molecular formula is C23H30N6O. The molecule has 0 N–H and O–H groups in total. The van der Waals surface area contributed by atoms with Crippen LogP contribution < -0.4 is 4.74 Å². The number of ether oxygens (including phenoxy) is 1. The summed E-state index contributed by atoms with van der Waals surface area (Å²) in [6.07, 6.45) is 0.890. The standard InChI is InChI=1S/C23H30N6O/c1-3-27-15-17-28(18-16-27)22(20-11-7-8-12-21(20)30-2)23-24-25-26-29(23)14-13-19-9-5-4-6-10-19/h4-12,22H,3,13-18H2,1-2H3/t22-/m0/s1. The van der Waals surface area contributed by atoms with Crippen molar-refractivity contribution in [2.45, 2.75) is 25.9 Å². The zero-order chi connectivity index (χ0) is 20.8. The lowest BCUT2D eigenvalue weighted by atomic mass is 10.0. The van der Waals surface area contributed by atoms with Gasteiger partial charge in [-0.3, -0.25) is 4.90 Å². The molecule has 0 spiro atoms. The summed E-state index contributed by atoms with van der Waals surface area (Å²) in [4.78, 5) is 4.96. The van der Waals surface area contributed by atoms with E-state index < -0.39 is 0 Å². The first-order valence-electron chi connectivity index (χ1n) is 10.7. The summed E-state index contributed by atoms with van der Waals surface area (Å²) in [5.74, 6) is 1.75. The number of rotatable bonds is 8. The molecule has 3 aromatic rings. The largest absolute Gasteiger partial charge is 0.496 e. The third kappa shape index (κ3) is 4.52. The number of hydrogen-bond donors (Lipinski definition) is 0. The summed E-state index contributed by atoms with van der Waals surface area (Å²) in [6, 6.07) is 18.6. The maximum absolute atomic E-state index is 5.71. The molecule has 0 bridgehead atoms. The highest BCUT2D eigenvalue weighted by molar-refractivity contribution is 5.39. The first-order chi connectivity index (χ1) is 14.8. The molecule has 0 radical (unpaired) electrons. The molecule has 30 heavy (non-hydrogen) atoms. The molecule has 4 rings (SSSR count). The Morgan fingerprint density at radius 1 is 0.967 bits per heavy atom. The van der Waals surface area contributed by atoms with Crippen molar-refractivity contribution in [1.82, 2.24) is 30.0 Å². The lowest BCUT2D eigenvalue weighted by Crippen LogP contribution is -2.48. The van der Waals surface area contributed by atoms with Gasteiger partial charge < -0.3 is 9.64 Å². The zero-order valence-electron chi connectivity index (χ0n) is 17.8. The van der Waals surface area contributed by atoms with Crippen LogP contribution in [0.2, 0.25) is 0 Å². The lowest BCUT2D eigenvalue weighted by molar-refractivity contribution is 0.107. The molecule has 1 atom stereocenters. The Hall–Kier alpha value is -2.77. The molecule has 0 unspecified atom stereocenters. The van der Waals surface area contributed by atoms with Gasteiger partial charge in [0.2, 0.25) is 0 Å². The van der Waals surface area contributed by atoms with Gasteiger partial charge in [-0.15, -0.1) is 5.10 Å². The quantitative estimate of drug-likeness (QED) is 0.573. The third-order valence-corrected chi connectivity index (χ3v) is 5.91. The predicted molar refractivity (Wildman–Crippen MR) is 116 cm³/mol. The Labute approximate surface area is 178 Å². The lowest BCUT2D eigenvalue weighted by Gasteiger charge is -2.38.